The Hall–Kier alpha value is -2.93. The van der Waals surface area contributed by atoms with Gasteiger partial charge in [0.15, 0.2) is 0 Å². The van der Waals surface area contributed by atoms with E-state index in [1.807, 2.05) is 49.5 Å². The van der Waals surface area contributed by atoms with E-state index in [0.29, 0.717) is 0 Å². The Bertz CT molecular complexity index is 1060. The zero-order valence-corrected chi connectivity index (χ0v) is 17.1. The summed E-state index contributed by atoms with van der Waals surface area (Å²) in [5.74, 6) is 0.935. The minimum atomic E-state index is -0.782. The molecule has 0 radical (unpaired) electrons. The second-order valence-corrected chi connectivity index (χ2v) is 8.91. The third kappa shape index (κ3) is 3.13. The van der Waals surface area contributed by atoms with Crippen LogP contribution in [0.5, 0.6) is 0 Å². The SMILES string of the molecule is CC(CO)(NC(=O)C1CCN(c2ncnc3[nH]ccc23)CC12CC2)c1ccccc1. The number of aliphatic hydroxyl groups excluding tert-OH is 1. The number of piperidine rings is 1. The van der Waals surface area contributed by atoms with Crippen LogP contribution in [0.4, 0.5) is 5.82 Å². The van der Waals surface area contributed by atoms with Gasteiger partial charge >= 0.3 is 0 Å². The van der Waals surface area contributed by atoms with Gasteiger partial charge in [-0.15, -0.1) is 0 Å². The van der Waals surface area contributed by atoms with Crippen LogP contribution in [-0.2, 0) is 10.3 Å². The van der Waals surface area contributed by atoms with Crippen LogP contribution in [0.1, 0.15) is 31.7 Å². The Kier molecular flexibility index (Phi) is 4.50. The van der Waals surface area contributed by atoms with Crippen molar-refractivity contribution in [2.24, 2.45) is 11.3 Å². The van der Waals surface area contributed by atoms with E-state index >= 15 is 0 Å². The van der Waals surface area contributed by atoms with Crippen molar-refractivity contribution in [2.75, 3.05) is 24.6 Å². The van der Waals surface area contributed by atoms with Gasteiger partial charge in [0, 0.05) is 25.2 Å². The van der Waals surface area contributed by atoms with Crippen molar-refractivity contribution in [1.82, 2.24) is 20.3 Å². The number of aromatic amines is 1. The Morgan fingerprint density at radius 3 is 2.83 bits per heavy atom. The van der Waals surface area contributed by atoms with Gasteiger partial charge in [-0.1, -0.05) is 30.3 Å². The van der Waals surface area contributed by atoms with E-state index in [1.54, 1.807) is 6.33 Å². The highest BCUT2D eigenvalue weighted by molar-refractivity contribution is 5.88. The lowest BCUT2D eigenvalue weighted by Crippen LogP contribution is -2.53. The number of anilines is 1. The molecule has 2 atom stereocenters. The topological polar surface area (TPSA) is 94.1 Å². The molecule has 7 heteroatoms. The van der Waals surface area contributed by atoms with Gasteiger partial charge in [-0.25, -0.2) is 9.97 Å². The number of hydrogen-bond acceptors (Lipinski definition) is 5. The van der Waals surface area contributed by atoms with Crippen molar-refractivity contribution in [1.29, 1.82) is 0 Å². The molecule has 1 amide bonds. The van der Waals surface area contributed by atoms with Crippen molar-refractivity contribution in [2.45, 2.75) is 31.7 Å². The molecular weight excluding hydrogens is 378 g/mol. The first-order valence-corrected chi connectivity index (χ1v) is 10.6. The lowest BCUT2D eigenvalue weighted by Gasteiger charge is -2.41. The van der Waals surface area contributed by atoms with Crippen molar-refractivity contribution < 1.29 is 9.90 Å². The number of carbonyl (C=O) groups is 1. The summed E-state index contributed by atoms with van der Waals surface area (Å²) in [5.41, 5.74) is 0.962. The van der Waals surface area contributed by atoms with Gasteiger partial charge in [0.2, 0.25) is 5.91 Å². The third-order valence-corrected chi connectivity index (χ3v) is 6.90. The monoisotopic (exact) mass is 405 g/mol. The molecule has 5 rings (SSSR count). The highest BCUT2D eigenvalue weighted by Crippen LogP contribution is 2.56. The second-order valence-electron chi connectivity index (χ2n) is 8.91. The van der Waals surface area contributed by atoms with Crippen LogP contribution in [0, 0.1) is 11.3 Å². The minimum Gasteiger partial charge on any atom is -0.394 e. The summed E-state index contributed by atoms with van der Waals surface area (Å²) in [4.78, 5) is 27.6. The number of nitrogens with one attached hydrogen (secondary N) is 2. The predicted octanol–water partition coefficient (Wildman–Crippen LogP) is 2.59. The lowest BCUT2D eigenvalue weighted by molar-refractivity contribution is -0.130. The molecule has 156 valence electrons. The average Bonchev–Trinajstić information content (AvgIpc) is 3.35. The number of aromatic nitrogens is 3. The van der Waals surface area contributed by atoms with E-state index in [9.17, 15) is 9.90 Å². The molecule has 1 aliphatic heterocycles. The fraction of sp³-hybridized carbons (Fsp3) is 0.435. The Labute approximate surface area is 175 Å². The normalized spacial score (nSPS) is 22.1. The molecule has 2 fully saturated rings. The number of fused-ring (bicyclic) bond motifs is 1. The Balaban J connectivity index is 1.35. The van der Waals surface area contributed by atoms with Gasteiger partial charge in [-0.2, -0.15) is 0 Å². The molecule has 2 aromatic heterocycles. The smallest absolute Gasteiger partial charge is 0.224 e. The maximum absolute atomic E-state index is 13.3. The molecule has 7 nitrogen and oxygen atoms in total. The second kappa shape index (κ2) is 7.09. The summed E-state index contributed by atoms with van der Waals surface area (Å²) >= 11 is 0. The number of hydrogen-bond donors (Lipinski definition) is 3. The van der Waals surface area contributed by atoms with Crippen molar-refractivity contribution >= 4 is 22.8 Å². The molecule has 1 saturated heterocycles. The van der Waals surface area contributed by atoms with Crippen LogP contribution in [0.15, 0.2) is 48.9 Å². The quantitative estimate of drug-likeness (QED) is 0.607. The molecule has 1 spiro atoms. The van der Waals surface area contributed by atoms with E-state index in [-0.39, 0.29) is 23.8 Å². The first-order chi connectivity index (χ1) is 14.5. The van der Waals surface area contributed by atoms with E-state index in [4.69, 9.17) is 0 Å². The van der Waals surface area contributed by atoms with E-state index in [0.717, 1.165) is 54.8 Å². The van der Waals surface area contributed by atoms with Gasteiger partial charge < -0.3 is 20.3 Å². The number of aliphatic hydroxyl groups is 1. The average molecular weight is 406 g/mol. The van der Waals surface area contributed by atoms with Crippen LogP contribution >= 0.6 is 0 Å². The third-order valence-electron chi connectivity index (χ3n) is 6.90. The summed E-state index contributed by atoms with van der Waals surface area (Å²) in [5, 5.41) is 14.3. The number of rotatable bonds is 5. The molecule has 3 heterocycles. The van der Waals surface area contributed by atoms with Crippen LogP contribution < -0.4 is 10.2 Å². The molecule has 3 aromatic rings. The highest BCUT2D eigenvalue weighted by atomic mass is 16.3. The van der Waals surface area contributed by atoms with Gasteiger partial charge in [-0.3, -0.25) is 4.79 Å². The largest absolute Gasteiger partial charge is 0.394 e. The van der Waals surface area contributed by atoms with Gasteiger partial charge in [0.05, 0.1) is 17.5 Å². The van der Waals surface area contributed by atoms with Gasteiger partial charge in [0.25, 0.3) is 0 Å². The van der Waals surface area contributed by atoms with E-state index in [2.05, 4.69) is 25.2 Å². The Morgan fingerprint density at radius 1 is 1.30 bits per heavy atom. The number of nitrogens with zero attached hydrogens (tertiary/aromatic N) is 3. The molecule has 1 aromatic carbocycles. The predicted molar refractivity (Wildman–Crippen MR) is 115 cm³/mol. The van der Waals surface area contributed by atoms with Gasteiger partial charge in [0.1, 0.15) is 17.8 Å². The maximum atomic E-state index is 13.3. The highest BCUT2D eigenvalue weighted by Gasteiger charge is 2.55. The minimum absolute atomic E-state index is 0.0109. The molecule has 30 heavy (non-hydrogen) atoms. The maximum Gasteiger partial charge on any atom is 0.224 e. The van der Waals surface area contributed by atoms with Crippen LogP contribution in [0.25, 0.3) is 11.0 Å². The molecule has 1 saturated carbocycles. The van der Waals surface area contributed by atoms with Crippen molar-refractivity contribution in [3.05, 3.63) is 54.5 Å². The Morgan fingerprint density at radius 2 is 2.10 bits per heavy atom. The standard InChI is InChI=1S/C23H27N5O2/c1-22(14-29,16-5-3-2-4-6-16)27-21(30)18-8-12-28(13-23(18)9-10-23)20-17-7-11-24-19(17)25-15-26-20/h2-7,11,15,18,29H,8-10,12-14H2,1H3,(H,27,30)(H,24,25,26). The number of carbonyl (C=O) groups excluding carboxylic acids is 1. The van der Waals surface area contributed by atoms with Crippen LogP contribution in [0.3, 0.4) is 0 Å². The molecule has 1 aliphatic carbocycles. The fourth-order valence-electron chi connectivity index (χ4n) is 4.90. The summed E-state index contributed by atoms with van der Waals surface area (Å²) in [6.07, 6.45) is 6.35. The molecule has 3 N–H and O–H groups in total. The first kappa shape index (κ1) is 19.1. The number of H-pyrrole nitrogens is 1. The summed E-state index contributed by atoms with van der Waals surface area (Å²) in [7, 11) is 0. The molecule has 0 bridgehead atoms. The lowest BCUT2D eigenvalue weighted by atomic mass is 9.80. The van der Waals surface area contributed by atoms with E-state index < -0.39 is 5.54 Å². The van der Waals surface area contributed by atoms with Gasteiger partial charge in [-0.05, 0) is 43.2 Å². The zero-order chi connectivity index (χ0) is 20.8. The summed E-state index contributed by atoms with van der Waals surface area (Å²) in [6.45, 7) is 3.35. The van der Waals surface area contributed by atoms with E-state index in [1.165, 1.54) is 0 Å². The van der Waals surface area contributed by atoms with Crippen LogP contribution in [0.2, 0.25) is 0 Å². The number of benzene rings is 1. The molecular formula is C23H27N5O2. The van der Waals surface area contributed by atoms with Crippen molar-refractivity contribution in [3.8, 4) is 0 Å². The fourth-order valence-corrected chi connectivity index (χ4v) is 4.90. The number of amides is 1. The first-order valence-electron chi connectivity index (χ1n) is 10.6. The molecule has 2 aliphatic rings. The summed E-state index contributed by atoms with van der Waals surface area (Å²) in [6, 6.07) is 11.7. The van der Waals surface area contributed by atoms with Crippen LogP contribution in [-0.4, -0.2) is 45.7 Å². The molecule has 2 unspecified atom stereocenters. The summed E-state index contributed by atoms with van der Waals surface area (Å²) < 4.78 is 0. The van der Waals surface area contributed by atoms with Crippen molar-refractivity contribution in [3.63, 3.8) is 0 Å². The zero-order valence-electron chi connectivity index (χ0n) is 17.1.